The highest BCUT2D eigenvalue weighted by molar-refractivity contribution is 5.45. The molecule has 0 radical (unpaired) electrons. The molecule has 0 spiro atoms. The Morgan fingerprint density at radius 1 is 1.33 bits per heavy atom. The molecule has 1 heterocycles. The van der Waals surface area contributed by atoms with Gasteiger partial charge >= 0.3 is 0 Å². The minimum atomic E-state index is 0.413. The molecular formula is C15H19N3. The average Bonchev–Trinajstić information content (AvgIpc) is 2.98. The first-order valence-corrected chi connectivity index (χ1v) is 6.62. The molecule has 1 atom stereocenters. The maximum Gasteiger partial charge on any atom is 0.0731 e. The van der Waals surface area contributed by atoms with Gasteiger partial charge in [0.05, 0.1) is 17.9 Å². The number of rotatable bonds is 3. The lowest BCUT2D eigenvalue weighted by atomic mass is 10.1. The number of aromatic nitrogens is 2. The van der Waals surface area contributed by atoms with Crippen LogP contribution in [0.4, 0.5) is 5.69 Å². The quantitative estimate of drug-likeness (QED) is 0.890. The van der Waals surface area contributed by atoms with Gasteiger partial charge in [-0.2, -0.15) is 5.10 Å². The van der Waals surface area contributed by atoms with Crippen LogP contribution in [0.1, 0.15) is 43.5 Å². The summed E-state index contributed by atoms with van der Waals surface area (Å²) in [5.74, 6) is 0. The molecular weight excluding hydrogens is 222 g/mol. The van der Waals surface area contributed by atoms with E-state index < -0.39 is 0 Å². The molecule has 18 heavy (non-hydrogen) atoms. The van der Waals surface area contributed by atoms with Crippen LogP contribution in [0.2, 0.25) is 0 Å². The Labute approximate surface area is 108 Å². The summed E-state index contributed by atoms with van der Waals surface area (Å²) in [5, 5.41) is 7.96. The third-order valence-electron chi connectivity index (χ3n) is 3.60. The Bertz CT molecular complexity index is 542. The van der Waals surface area contributed by atoms with Crippen molar-refractivity contribution in [2.24, 2.45) is 0 Å². The van der Waals surface area contributed by atoms with Crippen LogP contribution >= 0.6 is 0 Å². The number of benzene rings is 1. The SMILES string of the molecule is CC(C)n1cc(NC2CCc3ccccc32)cn1. The number of nitrogens with one attached hydrogen (secondary N) is 1. The van der Waals surface area contributed by atoms with Crippen molar-refractivity contribution in [3.05, 3.63) is 47.8 Å². The maximum atomic E-state index is 4.37. The van der Waals surface area contributed by atoms with Crippen molar-refractivity contribution in [2.75, 3.05) is 5.32 Å². The molecule has 1 unspecified atom stereocenters. The minimum Gasteiger partial charge on any atom is -0.376 e. The van der Waals surface area contributed by atoms with Crippen LogP contribution in [0, 0.1) is 0 Å². The smallest absolute Gasteiger partial charge is 0.0731 e. The minimum absolute atomic E-state index is 0.413. The van der Waals surface area contributed by atoms with Gasteiger partial charge in [0, 0.05) is 12.2 Å². The summed E-state index contributed by atoms with van der Waals surface area (Å²) < 4.78 is 1.99. The number of nitrogens with zero attached hydrogens (tertiary/aromatic N) is 2. The van der Waals surface area contributed by atoms with Gasteiger partial charge in [-0.05, 0) is 37.8 Å². The first kappa shape index (κ1) is 11.3. The van der Waals surface area contributed by atoms with Gasteiger partial charge in [0.15, 0.2) is 0 Å². The molecule has 94 valence electrons. The molecule has 1 aliphatic rings. The van der Waals surface area contributed by atoms with Crippen molar-refractivity contribution in [3.63, 3.8) is 0 Å². The zero-order valence-corrected chi connectivity index (χ0v) is 10.9. The zero-order valence-electron chi connectivity index (χ0n) is 10.9. The summed E-state index contributed by atoms with van der Waals surface area (Å²) in [6.07, 6.45) is 6.35. The van der Waals surface area contributed by atoms with Crippen LogP contribution in [0.25, 0.3) is 0 Å². The topological polar surface area (TPSA) is 29.9 Å². The Kier molecular flexibility index (Phi) is 2.82. The second kappa shape index (κ2) is 4.48. The molecule has 1 aromatic heterocycles. The van der Waals surface area contributed by atoms with E-state index in [1.807, 2.05) is 10.9 Å². The van der Waals surface area contributed by atoms with Crippen LogP contribution in [-0.2, 0) is 6.42 Å². The van der Waals surface area contributed by atoms with E-state index >= 15 is 0 Å². The normalized spacial score (nSPS) is 18.1. The van der Waals surface area contributed by atoms with Crippen LogP contribution in [0.3, 0.4) is 0 Å². The highest BCUT2D eigenvalue weighted by Crippen LogP contribution is 2.33. The number of aryl methyl sites for hydroxylation is 1. The lowest BCUT2D eigenvalue weighted by Crippen LogP contribution is -2.06. The lowest BCUT2D eigenvalue weighted by Gasteiger charge is -2.13. The molecule has 2 aromatic rings. The summed E-state index contributed by atoms with van der Waals surface area (Å²) >= 11 is 0. The fourth-order valence-electron chi connectivity index (χ4n) is 2.60. The van der Waals surface area contributed by atoms with Gasteiger partial charge in [-0.1, -0.05) is 24.3 Å². The van der Waals surface area contributed by atoms with Gasteiger partial charge in [0.2, 0.25) is 0 Å². The van der Waals surface area contributed by atoms with Crippen LogP contribution < -0.4 is 5.32 Å². The summed E-state index contributed by atoms with van der Waals surface area (Å²) in [4.78, 5) is 0. The van der Waals surface area contributed by atoms with Crippen LogP contribution in [-0.4, -0.2) is 9.78 Å². The second-order valence-electron chi connectivity index (χ2n) is 5.24. The van der Waals surface area contributed by atoms with Gasteiger partial charge in [-0.3, -0.25) is 4.68 Å². The number of hydrogen-bond donors (Lipinski definition) is 1. The molecule has 0 aliphatic heterocycles. The van der Waals surface area contributed by atoms with E-state index in [4.69, 9.17) is 0 Å². The van der Waals surface area contributed by atoms with Gasteiger partial charge in [-0.25, -0.2) is 0 Å². The Hall–Kier alpha value is -1.77. The predicted molar refractivity (Wildman–Crippen MR) is 73.7 cm³/mol. The molecule has 0 saturated heterocycles. The summed E-state index contributed by atoms with van der Waals surface area (Å²) in [6.45, 7) is 4.28. The van der Waals surface area contributed by atoms with Gasteiger partial charge < -0.3 is 5.32 Å². The lowest BCUT2D eigenvalue weighted by molar-refractivity contribution is 0.532. The number of hydrogen-bond acceptors (Lipinski definition) is 2. The molecule has 1 aromatic carbocycles. The molecule has 3 rings (SSSR count). The molecule has 1 aliphatic carbocycles. The van der Waals surface area contributed by atoms with Crippen molar-refractivity contribution in [1.29, 1.82) is 0 Å². The van der Waals surface area contributed by atoms with E-state index in [1.165, 1.54) is 24.0 Å². The Morgan fingerprint density at radius 3 is 2.94 bits per heavy atom. The Morgan fingerprint density at radius 2 is 2.17 bits per heavy atom. The maximum absolute atomic E-state index is 4.37. The third-order valence-corrected chi connectivity index (χ3v) is 3.60. The van der Waals surface area contributed by atoms with Gasteiger partial charge in [0.25, 0.3) is 0 Å². The highest BCUT2D eigenvalue weighted by atomic mass is 15.3. The van der Waals surface area contributed by atoms with E-state index in [2.05, 4.69) is 54.7 Å². The predicted octanol–water partition coefficient (Wildman–Crippen LogP) is 3.56. The molecule has 0 amide bonds. The molecule has 0 fully saturated rings. The molecule has 0 saturated carbocycles. The fraction of sp³-hybridized carbons (Fsp3) is 0.400. The molecule has 3 heteroatoms. The monoisotopic (exact) mass is 241 g/mol. The number of fused-ring (bicyclic) bond motifs is 1. The van der Waals surface area contributed by atoms with Crippen LogP contribution in [0.15, 0.2) is 36.7 Å². The van der Waals surface area contributed by atoms with E-state index in [-0.39, 0.29) is 0 Å². The second-order valence-corrected chi connectivity index (χ2v) is 5.24. The van der Waals surface area contributed by atoms with Crippen molar-refractivity contribution in [1.82, 2.24) is 9.78 Å². The van der Waals surface area contributed by atoms with Crippen molar-refractivity contribution >= 4 is 5.69 Å². The molecule has 3 nitrogen and oxygen atoms in total. The fourth-order valence-corrected chi connectivity index (χ4v) is 2.60. The summed E-state index contributed by atoms with van der Waals surface area (Å²) in [7, 11) is 0. The van der Waals surface area contributed by atoms with Gasteiger partial charge in [-0.15, -0.1) is 0 Å². The largest absolute Gasteiger partial charge is 0.376 e. The van der Waals surface area contributed by atoms with Crippen LogP contribution in [0.5, 0.6) is 0 Å². The Balaban J connectivity index is 1.78. The van der Waals surface area contributed by atoms with Crippen molar-refractivity contribution in [2.45, 2.75) is 38.8 Å². The first-order chi connectivity index (χ1) is 8.74. The van der Waals surface area contributed by atoms with Gasteiger partial charge in [0.1, 0.15) is 0 Å². The zero-order chi connectivity index (χ0) is 12.5. The van der Waals surface area contributed by atoms with Crippen molar-refractivity contribution in [3.8, 4) is 0 Å². The van der Waals surface area contributed by atoms with E-state index in [0.717, 1.165) is 5.69 Å². The van der Waals surface area contributed by atoms with E-state index in [1.54, 1.807) is 0 Å². The van der Waals surface area contributed by atoms with E-state index in [0.29, 0.717) is 12.1 Å². The van der Waals surface area contributed by atoms with Crippen molar-refractivity contribution < 1.29 is 0 Å². The van der Waals surface area contributed by atoms with E-state index in [9.17, 15) is 0 Å². The molecule has 0 bridgehead atoms. The average molecular weight is 241 g/mol. The number of anilines is 1. The summed E-state index contributed by atoms with van der Waals surface area (Å²) in [6, 6.07) is 9.55. The summed E-state index contributed by atoms with van der Waals surface area (Å²) in [5.41, 5.74) is 4.03. The highest BCUT2D eigenvalue weighted by Gasteiger charge is 2.21. The standard InChI is InChI=1S/C15H19N3/c1-11(2)18-10-13(9-16-18)17-15-8-7-12-5-3-4-6-14(12)15/h3-6,9-11,15,17H,7-8H2,1-2H3. The first-order valence-electron chi connectivity index (χ1n) is 6.62. The third kappa shape index (κ3) is 2.01. The molecule has 1 N–H and O–H groups in total.